The molecule has 1 aromatic heterocycles. The van der Waals surface area contributed by atoms with Crippen LogP contribution < -0.4 is 10.6 Å². The minimum Gasteiger partial charge on any atom is -0.371 e. The smallest absolute Gasteiger partial charge is 0.168 e. The summed E-state index contributed by atoms with van der Waals surface area (Å²) in [4.78, 5) is 6.25. The van der Waals surface area contributed by atoms with Crippen LogP contribution in [0.4, 0.5) is 20.4 Å². The van der Waals surface area contributed by atoms with Gasteiger partial charge in [0.1, 0.15) is 0 Å². The fourth-order valence-electron chi connectivity index (χ4n) is 2.32. The van der Waals surface area contributed by atoms with Crippen molar-refractivity contribution in [2.45, 2.75) is 25.8 Å². The molecule has 106 valence electrons. The van der Waals surface area contributed by atoms with E-state index in [1.165, 1.54) is 12.8 Å². The Bertz CT molecular complexity index is 433. The highest BCUT2D eigenvalue weighted by molar-refractivity contribution is 5.47. The molecule has 2 heterocycles. The number of hydrogen-bond acceptors (Lipinski definition) is 4. The van der Waals surface area contributed by atoms with Crippen LogP contribution >= 0.6 is 0 Å². The minimum atomic E-state index is -0.682. The number of halogens is 2. The second kappa shape index (κ2) is 6.14. The van der Waals surface area contributed by atoms with Crippen molar-refractivity contribution in [2.24, 2.45) is 0 Å². The minimum absolute atomic E-state index is 0.0534. The van der Waals surface area contributed by atoms with Gasteiger partial charge in [-0.05, 0) is 32.9 Å². The lowest BCUT2D eigenvalue weighted by Crippen LogP contribution is -2.35. The number of nitrogens with zero attached hydrogens (tertiary/aromatic N) is 2. The summed E-state index contributed by atoms with van der Waals surface area (Å²) in [6, 6.07) is 1.16. The predicted octanol–water partition coefficient (Wildman–Crippen LogP) is 2.30. The van der Waals surface area contributed by atoms with Gasteiger partial charge in [-0.15, -0.1) is 0 Å². The summed E-state index contributed by atoms with van der Waals surface area (Å²) >= 11 is 0. The van der Waals surface area contributed by atoms with E-state index < -0.39 is 11.6 Å². The van der Waals surface area contributed by atoms with Gasteiger partial charge >= 0.3 is 0 Å². The highest BCUT2D eigenvalue weighted by Gasteiger charge is 2.18. The molecule has 2 rings (SSSR count). The van der Waals surface area contributed by atoms with Crippen LogP contribution in [0.25, 0.3) is 0 Å². The molecule has 1 aliphatic heterocycles. The van der Waals surface area contributed by atoms with Gasteiger partial charge in [0.2, 0.25) is 0 Å². The first-order valence-corrected chi connectivity index (χ1v) is 6.63. The predicted molar refractivity (Wildman–Crippen MR) is 72.5 cm³/mol. The third-order valence-corrected chi connectivity index (χ3v) is 3.50. The molecule has 4 nitrogen and oxygen atoms in total. The molecule has 0 aliphatic carbocycles. The van der Waals surface area contributed by atoms with Crippen molar-refractivity contribution in [3.63, 3.8) is 0 Å². The molecule has 6 heteroatoms. The van der Waals surface area contributed by atoms with E-state index in [0.29, 0.717) is 12.6 Å². The third kappa shape index (κ3) is 3.32. The summed E-state index contributed by atoms with van der Waals surface area (Å²) in [6.07, 6.45) is 2.44. The Morgan fingerprint density at radius 3 is 2.53 bits per heavy atom. The van der Waals surface area contributed by atoms with Crippen LogP contribution in [0.3, 0.4) is 0 Å². The largest absolute Gasteiger partial charge is 0.371 e. The van der Waals surface area contributed by atoms with Crippen molar-refractivity contribution >= 4 is 11.6 Å². The molecule has 1 saturated heterocycles. The van der Waals surface area contributed by atoms with Gasteiger partial charge in [-0.25, -0.2) is 13.8 Å². The van der Waals surface area contributed by atoms with Gasteiger partial charge in [-0.2, -0.15) is 0 Å². The zero-order valence-electron chi connectivity index (χ0n) is 11.3. The number of anilines is 2. The first-order chi connectivity index (χ1) is 9.11. The average Bonchev–Trinajstić information content (AvgIpc) is 2.91. The van der Waals surface area contributed by atoms with E-state index in [0.717, 1.165) is 19.2 Å². The van der Waals surface area contributed by atoms with E-state index in [4.69, 9.17) is 0 Å². The first-order valence-electron chi connectivity index (χ1n) is 6.63. The van der Waals surface area contributed by atoms with Crippen LogP contribution in [0.2, 0.25) is 0 Å². The number of pyridine rings is 1. The topological polar surface area (TPSA) is 40.2 Å². The van der Waals surface area contributed by atoms with Gasteiger partial charge < -0.3 is 10.6 Å². The van der Waals surface area contributed by atoms with Crippen LogP contribution in [0, 0.1) is 11.6 Å². The second-order valence-electron chi connectivity index (χ2n) is 4.87. The lowest BCUT2D eigenvalue weighted by molar-refractivity contribution is 0.269. The Balaban J connectivity index is 1.98. The number of hydrogen-bond donors (Lipinski definition) is 2. The first kappa shape index (κ1) is 14.0. The summed E-state index contributed by atoms with van der Waals surface area (Å²) in [5.74, 6) is -1.20. The maximum Gasteiger partial charge on any atom is 0.168 e. The van der Waals surface area contributed by atoms with Crippen LogP contribution in [-0.2, 0) is 0 Å². The van der Waals surface area contributed by atoms with Crippen molar-refractivity contribution in [1.82, 2.24) is 9.88 Å². The maximum absolute atomic E-state index is 13.6. The summed E-state index contributed by atoms with van der Waals surface area (Å²) in [5, 5.41) is 5.56. The Kier molecular flexibility index (Phi) is 4.52. The molecule has 0 radical (unpaired) electrons. The van der Waals surface area contributed by atoms with Gasteiger partial charge in [0.15, 0.2) is 23.3 Å². The van der Waals surface area contributed by atoms with Gasteiger partial charge in [-0.3, -0.25) is 4.90 Å². The molecule has 1 fully saturated rings. The van der Waals surface area contributed by atoms with E-state index in [-0.39, 0.29) is 11.6 Å². The number of aromatic nitrogens is 1. The van der Waals surface area contributed by atoms with Gasteiger partial charge in [0.05, 0.1) is 0 Å². The number of likely N-dealkylation sites (tertiary alicyclic amines) is 1. The Morgan fingerprint density at radius 2 is 1.89 bits per heavy atom. The molecule has 0 bridgehead atoms. The molecule has 1 unspecified atom stereocenters. The average molecular weight is 270 g/mol. The molecule has 2 N–H and O–H groups in total. The summed E-state index contributed by atoms with van der Waals surface area (Å²) in [6.45, 7) is 4.87. The van der Waals surface area contributed by atoms with Crippen molar-refractivity contribution in [1.29, 1.82) is 0 Å². The van der Waals surface area contributed by atoms with E-state index in [1.54, 1.807) is 7.05 Å². The summed E-state index contributed by atoms with van der Waals surface area (Å²) in [5.41, 5.74) is 0. The van der Waals surface area contributed by atoms with E-state index in [2.05, 4.69) is 27.4 Å². The molecule has 19 heavy (non-hydrogen) atoms. The standard InChI is InChI=1S/C13H20F2N4/c1-9(19-5-3-4-6-19)8-17-13-11(15)7-10(14)12(16-2)18-13/h7,9H,3-6,8H2,1-2H3,(H2,16,17,18). The molecule has 1 aliphatic rings. The Hall–Kier alpha value is -1.43. The molecular formula is C13H20F2N4. The van der Waals surface area contributed by atoms with Crippen LogP contribution in [0.15, 0.2) is 6.07 Å². The fourth-order valence-corrected chi connectivity index (χ4v) is 2.32. The molecular weight excluding hydrogens is 250 g/mol. The van der Waals surface area contributed by atoms with Crippen molar-refractivity contribution in [3.05, 3.63) is 17.7 Å². The Morgan fingerprint density at radius 1 is 1.26 bits per heavy atom. The van der Waals surface area contributed by atoms with Crippen molar-refractivity contribution in [2.75, 3.05) is 37.3 Å². The molecule has 0 aromatic carbocycles. The summed E-state index contributed by atoms with van der Waals surface area (Å²) in [7, 11) is 1.56. The molecule has 0 spiro atoms. The SMILES string of the molecule is CNc1nc(NCC(C)N2CCCC2)c(F)cc1F. The highest BCUT2D eigenvalue weighted by atomic mass is 19.1. The lowest BCUT2D eigenvalue weighted by atomic mass is 10.3. The number of rotatable bonds is 5. The monoisotopic (exact) mass is 270 g/mol. The second-order valence-corrected chi connectivity index (χ2v) is 4.87. The normalized spacial score (nSPS) is 17.5. The molecule has 0 saturated carbocycles. The fraction of sp³-hybridized carbons (Fsp3) is 0.615. The number of nitrogens with one attached hydrogen (secondary N) is 2. The van der Waals surface area contributed by atoms with Crippen molar-refractivity contribution in [3.8, 4) is 0 Å². The zero-order chi connectivity index (χ0) is 13.8. The lowest BCUT2D eigenvalue weighted by Gasteiger charge is -2.24. The molecule has 1 aromatic rings. The van der Waals surface area contributed by atoms with Crippen molar-refractivity contribution < 1.29 is 8.78 Å². The van der Waals surface area contributed by atoms with E-state index >= 15 is 0 Å². The van der Waals surface area contributed by atoms with Gasteiger partial charge in [0, 0.05) is 25.7 Å². The maximum atomic E-state index is 13.6. The highest BCUT2D eigenvalue weighted by Crippen LogP contribution is 2.19. The quantitative estimate of drug-likeness (QED) is 0.861. The van der Waals surface area contributed by atoms with Crippen LogP contribution in [-0.4, -0.2) is 42.6 Å². The third-order valence-electron chi connectivity index (χ3n) is 3.50. The van der Waals surface area contributed by atoms with Gasteiger partial charge in [0.25, 0.3) is 0 Å². The van der Waals surface area contributed by atoms with Gasteiger partial charge in [-0.1, -0.05) is 0 Å². The zero-order valence-corrected chi connectivity index (χ0v) is 11.3. The van der Waals surface area contributed by atoms with Crippen LogP contribution in [0.5, 0.6) is 0 Å². The van der Waals surface area contributed by atoms with E-state index in [9.17, 15) is 8.78 Å². The van der Waals surface area contributed by atoms with E-state index in [1.807, 2.05) is 0 Å². The summed E-state index contributed by atoms with van der Waals surface area (Å²) < 4.78 is 26.9. The molecule has 0 amide bonds. The van der Waals surface area contributed by atoms with Crippen LogP contribution in [0.1, 0.15) is 19.8 Å². The Labute approximate surface area is 112 Å². The molecule has 1 atom stereocenters.